The number of rotatable bonds is 1. The molecule has 4 heterocycles. The molecule has 2 atom stereocenters. The molecule has 0 spiro atoms. The second kappa shape index (κ2) is 8.04. The number of thiophene rings is 1. The van der Waals surface area contributed by atoms with Crippen LogP contribution in [-0.2, 0) is 11.2 Å². The number of carbonyl (C=O) groups is 1. The number of nitrogens with one attached hydrogen (secondary N) is 1. The van der Waals surface area contributed by atoms with Crippen molar-refractivity contribution in [1.29, 1.82) is 0 Å². The largest absolute Gasteiger partial charge is 0.504 e. The molecule has 1 fully saturated rings. The van der Waals surface area contributed by atoms with E-state index < -0.39 is 0 Å². The number of ether oxygens (including phenoxy) is 1. The Morgan fingerprint density at radius 2 is 2.03 bits per heavy atom. The summed E-state index contributed by atoms with van der Waals surface area (Å²) in [5.74, 6) is 2.12. The van der Waals surface area contributed by atoms with E-state index in [9.17, 15) is 9.90 Å². The molecule has 2 aromatic heterocycles. The van der Waals surface area contributed by atoms with Crippen LogP contribution < -0.4 is 15.0 Å². The van der Waals surface area contributed by atoms with Crippen molar-refractivity contribution in [3.8, 4) is 17.2 Å². The van der Waals surface area contributed by atoms with Gasteiger partial charge < -0.3 is 20.1 Å². The number of phenolic OH excluding ortho intramolecular Hbond substituents is 1. The number of aryl methyl sites for hydroxylation is 1. The van der Waals surface area contributed by atoms with E-state index in [4.69, 9.17) is 4.74 Å². The first-order chi connectivity index (χ1) is 16.1. The number of phenols is 1. The summed E-state index contributed by atoms with van der Waals surface area (Å²) in [6.45, 7) is 1.38. The maximum Gasteiger partial charge on any atom is 0.220 e. The third kappa shape index (κ3) is 3.76. The second-order valence-electron chi connectivity index (χ2n) is 8.50. The van der Waals surface area contributed by atoms with Gasteiger partial charge in [-0.2, -0.15) is 0 Å². The summed E-state index contributed by atoms with van der Waals surface area (Å²) in [4.78, 5) is 25.0. The van der Waals surface area contributed by atoms with Crippen LogP contribution in [0, 0.1) is 0 Å². The maximum atomic E-state index is 12.9. The van der Waals surface area contributed by atoms with Crippen LogP contribution in [0.3, 0.4) is 0 Å². The van der Waals surface area contributed by atoms with Crippen LogP contribution in [0.15, 0.2) is 60.2 Å². The molecule has 0 aliphatic carbocycles. The third-order valence-corrected chi connectivity index (χ3v) is 7.21. The summed E-state index contributed by atoms with van der Waals surface area (Å²) in [6.07, 6.45) is 2.55. The standard InChI is InChI=1S/C25H22N4O3S/c30-21-6-4-15-5-7-23(31)28-20-13-29(24-18-8-9-33-25(18)27-14-26-24)12-19(20)16-2-1-3-17(11-16)32-22(21)10-15/h1-4,6,8-11,14,19-20,30H,5,7,12-13H2,(H,28,31)/t19-,20+/m0/s1. The molecule has 7 nitrogen and oxygen atoms in total. The molecule has 4 bridgehead atoms. The average molecular weight is 459 g/mol. The first kappa shape index (κ1) is 20.0. The Labute approximate surface area is 194 Å². The van der Waals surface area contributed by atoms with Gasteiger partial charge in [0.05, 0.1) is 11.4 Å². The number of amides is 1. The Morgan fingerprint density at radius 1 is 1.09 bits per heavy atom. The summed E-state index contributed by atoms with van der Waals surface area (Å²) in [7, 11) is 0. The molecule has 166 valence electrons. The van der Waals surface area contributed by atoms with Gasteiger partial charge in [-0.25, -0.2) is 9.97 Å². The van der Waals surface area contributed by atoms with Gasteiger partial charge in [-0.15, -0.1) is 11.3 Å². The van der Waals surface area contributed by atoms with E-state index >= 15 is 0 Å². The van der Waals surface area contributed by atoms with Gasteiger partial charge in [-0.3, -0.25) is 4.79 Å². The quantitative estimate of drug-likeness (QED) is 0.444. The molecule has 8 heteroatoms. The van der Waals surface area contributed by atoms with E-state index in [0.717, 1.165) is 33.7 Å². The SMILES string of the molecule is O=C1CCc2ccc(O)c(c2)Oc2cccc(c2)[C@@H]2CN(c3ncnc4sccc34)C[C@H]2N1. The van der Waals surface area contributed by atoms with Crippen molar-refractivity contribution in [3.63, 3.8) is 0 Å². The second-order valence-corrected chi connectivity index (χ2v) is 9.39. The number of anilines is 1. The predicted octanol–water partition coefficient (Wildman–Crippen LogP) is 4.22. The smallest absolute Gasteiger partial charge is 0.220 e. The number of aromatic nitrogens is 2. The Morgan fingerprint density at radius 3 is 2.97 bits per heavy atom. The minimum absolute atomic E-state index is 0.0150. The molecule has 0 radical (unpaired) electrons. The fourth-order valence-corrected chi connectivity index (χ4v) is 5.49. The summed E-state index contributed by atoms with van der Waals surface area (Å²) in [5.41, 5.74) is 2.02. The molecule has 2 aliphatic heterocycles. The Balaban J connectivity index is 1.39. The van der Waals surface area contributed by atoms with Gasteiger partial charge in [0.2, 0.25) is 5.91 Å². The number of carbonyl (C=O) groups excluding carboxylic acids is 1. The maximum absolute atomic E-state index is 12.9. The number of aromatic hydroxyl groups is 1. The number of benzene rings is 2. The van der Waals surface area contributed by atoms with Crippen LogP contribution in [0.1, 0.15) is 23.5 Å². The van der Waals surface area contributed by atoms with Crippen molar-refractivity contribution >= 4 is 33.3 Å². The Bertz CT molecular complexity index is 1350. The summed E-state index contributed by atoms with van der Waals surface area (Å²) >= 11 is 1.60. The van der Waals surface area contributed by atoms with E-state index in [0.29, 0.717) is 30.9 Å². The van der Waals surface area contributed by atoms with Crippen molar-refractivity contribution in [3.05, 3.63) is 71.4 Å². The molecule has 6 rings (SSSR count). The number of hydrogen-bond acceptors (Lipinski definition) is 7. The number of fused-ring (bicyclic) bond motifs is 7. The van der Waals surface area contributed by atoms with Crippen molar-refractivity contribution in [2.75, 3.05) is 18.0 Å². The molecule has 1 saturated heterocycles. The fraction of sp³-hybridized carbons (Fsp3) is 0.240. The molecule has 1 amide bonds. The lowest BCUT2D eigenvalue weighted by Gasteiger charge is -2.20. The zero-order valence-corrected chi connectivity index (χ0v) is 18.6. The van der Waals surface area contributed by atoms with Gasteiger partial charge in [0.25, 0.3) is 0 Å². The Kier molecular flexibility index (Phi) is 4.87. The lowest BCUT2D eigenvalue weighted by molar-refractivity contribution is -0.121. The van der Waals surface area contributed by atoms with Crippen molar-refractivity contribution in [1.82, 2.24) is 15.3 Å². The highest BCUT2D eigenvalue weighted by molar-refractivity contribution is 7.16. The van der Waals surface area contributed by atoms with Gasteiger partial charge in [-0.05, 0) is 53.3 Å². The van der Waals surface area contributed by atoms with Crippen molar-refractivity contribution in [2.24, 2.45) is 0 Å². The molecule has 0 saturated carbocycles. The van der Waals surface area contributed by atoms with Gasteiger partial charge >= 0.3 is 0 Å². The normalized spacial score (nSPS) is 20.2. The van der Waals surface area contributed by atoms with Crippen LogP contribution >= 0.6 is 11.3 Å². The predicted molar refractivity (Wildman–Crippen MR) is 127 cm³/mol. The minimum Gasteiger partial charge on any atom is -0.504 e. The molecule has 4 aromatic rings. The van der Waals surface area contributed by atoms with Crippen LogP contribution in [0.25, 0.3) is 10.2 Å². The molecule has 2 N–H and O–H groups in total. The van der Waals surface area contributed by atoms with E-state index in [1.807, 2.05) is 29.6 Å². The first-order valence-electron chi connectivity index (χ1n) is 11.0. The van der Waals surface area contributed by atoms with Gasteiger partial charge in [-0.1, -0.05) is 18.2 Å². The van der Waals surface area contributed by atoms with Crippen molar-refractivity contribution < 1.29 is 14.6 Å². The molecular weight excluding hydrogens is 436 g/mol. The highest BCUT2D eigenvalue weighted by Crippen LogP contribution is 2.37. The lowest BCUT2D eigenvalue weighted by atomic mass is 9.94. The van der Waals surface area contributed by atoms with Gasteiger partial charge in [0, 0.05) is 25.4 Å². The zero-order valence-electron chi connectivity index (χ0n) is 17.8. The van der Waals surface area contributed by atoms with E-state index in [1.165, 1.54) is 0 Å². The van der Waals surface area contributed by atoms with Gasteiger partial charge in [0.1, 0.15) is 22.7 Å². The third-order valence-electron chi connectivity index (χ3n) is 6.39. The molecule has 33 heavy (non-hydrogen) atoms. The van der Waals surface area contributed by atoms with Crippen LogP contribution in [0.2, 0.25) is 0 Å². The van der Waals surface area contributed by atoms with Crippen LogP contribution in [0.5, 0.6) is 17.2 Å². The fourth-order valence-electron chi connectivity index (χ4n) is 4.76. The monoisotopic (exact) mass is 458 g/mol. The summed E-state index contributed by atoms with van der Waals surface area (Å²) < 4.78 is 6.05. The highest BCUT2D eigenvalue weighted by atomic mass is 32.1. The zero-order chi connectivity index (χ0) is 22.4. The minimum atomic E-state index is -0.0614. The molecule has 0 unspecified atom stereocenters. The molecule has 2 aromatic carbocycles. The molecular formula is C25H22N4O3S. The van der Waals surface area contributed by atoms with Crippen molar-refractivity contribution in [2.45, 2.75) is 24.8 Å². The number of nitrogens with zero attached hydrogens (tertiary/aromatic N) is 3. The van der Waals surface area contributed by atoms with Gasteiger partial charge in [0.15, 0.2) is 11.5 Å². The van der Waals surface area contributed by atoms with Crippen LogP contribution in [-0.4, -0.2) is 40.1 Å². The highest BCUT2D eigenvalue weighted by Gasteiger charge is 2.36. The average Bonchev–Trinajstić information content (AvgIpc) is 3.46. The lowest BCUT2D eigenvalue weighted by Crippen LogP contribution is -2.40. The topological polar surface area (TPSA) is 87.6 Å². The van der Waals surface area contributed by atoms with E-state index in [2.05, 4.69) is 32.3 Å². The van der Waals surface area contributed by atoms with E-state index in [1.54, 1.807) is 29.8 Å². The Hall–Kier alpha value is -3.65. The van der Waals surface area contributed by atoms with E-state index in [-0.39, 0.29) is 23.6 Å². The molecule has 2 aliphatic rings. The van der Waals surface area contributed by atoms with Crippen LogP contribution in [0.4, 0.5) is 5.82 Å². The first-order valence-corrected chi connectivity index (χ1v) is 11.8. The number of hydrogen-bond donors (Lipinski definition) is 2. The summed E-state index contributed by atoms with van der Waals surface area (Å²) in [6, 6.07) is 15.1. The summed E-state index contributed by atoms with van der Waals surface area (Å²) in [5, 5.41) is 16.6.